The second kappa shape index (κ2) is 7.90. The van der Waals surface area contributed by atoms with Crippen LogP contribution in [0.1, 0.15) is 46.0 Å². The molecule has 2 saturated heterocycles. The van der Waals surface area contributed by atoms with Crippen LogP contribution in [0.2, 0.25) is 0 Å². The van der Waals surface area contributed by atoms with Crippen molar-refractivity contribution in [3.8, 4) is 0 Å². The maximum Gasteiger partial charge on any atom is 0.282 e. The normalized spacial score (nSPS) is 31.2. The molecule has 0 bridgehead atoms. The summed E-state index contributed by atoms with van der Waals surface area (Å²) in [4.78, 5) is 14.5. The molecule has 1 saturated carbocycles. The number of nitrogens with zero attached hydrogens (tertiary/aromatic N) is 3. The lowest BCUT2D eigenvalue weighted by molar-refractivity contribution is -0.137. The highest BCUT2D eigenvalue weighted by Crippen LogP contribution is 2.26. The van der Waals surface area contributed by atoms with Crippen molar-refractivity contribution in [2.45, 2.75) is 58.2 Å². The van der Waals surface area contributed by atoms with Crippen LogP contribution in [-0.2, 0) is 19.7 Å². The molecule has 8 heteroatoms. The number of rotatable bonds is 3. The molecule has 3 fully saturated rings. The zero-order valence-electron chi connectivity index (χ0n) is 15.4. The molecule has 0 N–H and O–H groups in total. The van der Waals surface area contributed by atoms with Crippen molar-refractivity contribution in [1.29, 1.82) is 0 Å². The van der Waals surface area contributed by atoms with E-state index in [2.05, 4.69) is 0 Å². The summed E-state index contributed by atoms with van der Waals surface area (Å²) in [5, 5.41) is 0. The highest BCUT2D eigenvalue weighted by Gasteiger charge is 2.38. The summed E-state index contributed by atoms with van der Waals surface area (Å²) >= 11 is 0. The first-order valence-electron chi connectivity index (χ1n) is 9.57. The largest absolute Gasteiger partial charge is 0.373 e. The van der Waals surface area contributed by atoms with E-state index in [4.69, 9.17) is 4.74 Å². The molecule has 2 heterocycles. The molecule has 3 aliphatic rings. The first kappa shape index (κ1) is 19.1. The van der Waals surface area contributed by atoms with Crippen molar-refractivity contribution in [2.24, 2.45) is 5.92 Å². The number of hydrogen-bond donors (Lipinski definition) is 0. The second-order valence-electron chi connectivity index (χ2n) is 7.64. The van der Waals surface area contributed by atoms with Crippen LogP contribution in [0, 0.1) is 5.92 Å². The molecule has 2 aliphatic heterocycles. The van der Waals surface area contributed by atoms with Gasteiger partial charge in [0.2, 0.25) is 5.91 Å². The minimum atomic E-state index is -3.48. The van der Waals surface area contributed by atoms with Crippen LogP contribution in [0.3, 0.4) is 0 Å². The number of piperazine rings is 1. The Morgan fingerprint density at radius 1 is 0.880 bits per heavy atom. The van der Waals surface area contributed by atoms with Gasteiger partial charge in [-0.05, 0) is 26.7 Å². The highest BCUT2D eigenvalue weighted by molar-refractivity contribution is 7.86. The minimum Gasteiger partial charge on any atom is -0.373 e. The summed E-state index contributed by atoms with van der Waals surface area (Å²) in [6.45, 7) is 6.38. The van der Waals surface area contributed by atoms with Gasteiger partial charge in [0.15, 0.2) is 0 Å². The topological polar surface area (TPSA) is 70.2 Å². The van der Waals surface area contributed by atoms with E-state index in [1.165, 1.54) is 15.0 Å². The van der Waals surface area contributed by atoms with Gasteiger partial charge in [-0.1, -0.05) is 19.3 Å². The van der Waals surface area contributed by atoms with Crippen LogP contribution in [0.5, 0.6) is 0 Å². The van der Waals surface area contributed by atoms with Gasteiger partial charge in [-0.2, -0.15) is 17.0 Å². The smallest absolute Gasteiger partial charge is 0.282 e. The van der Waals surface area contributed by atoms with E-state index in [0.717, 1.165) is 25.7 Å². The van der Waals surface area contributed by atoms with Gasteiger partial charge in [0, 0.05) is 45.2 Å². The van der Waals surface area contributed by atoms with Crippen molar-refractivity contribution in [3.63, 3.8) is 0 Å². The quantitative estimate of drug-likeness (QED) is 0.742. The van der Waals surface area contributed by atoms with Gasteiger partial charge in [-0.15, -0.1) is 0 Å². The fraction of sp³-hybridized carbons (Fsp3) is 0.941. The van der Waals surface area contributed by atoms with Gasteiger partial charge in [-0.25, -0.2) is 0 Å². The molecule has 0 aromatic rings. The predicted molar refractivity (Wildman–Crippen MR) is 95.2 cm³/mol. The molecule has 144 valence electrons. The molecule has 0 aromatic carbocycles. The molecule has 0 aromatic heterocycles. The standard InChI is InChI=1S/C17H31N3O4S/c1-14-12-20(13-15(2)24-14)25(22,23)19-10-8-18(9-11-19)17(21)16-6-4-3-5-7-16/h14-16H,3-13H2,1-2H3/t14-,15+. The van der Waals surface area contributed by atoms with E-state index in [1.54, 1.807) is 0 Å². The Bertz CT molecular complexity index is 558. The molecule has 0 spiro atoms. The van der Waals surface area contributed by atoms with Gasteiger partial charge in [-0.3, -0.25) is 4.79 Å². The molecule has 3 rings (SSSR count). The van der Waals surface area contributed by atoms with E-state index in [9.17, 15) is 13.2 Å². The fourth-order valence-corrected chi connectivity index (χ4v) is 5.98. The van der Waals surface area contributed by atoms with Crippen LogP contribution in [0.25, 0.3) is 0 Å². The van der Waals surface area contributed by atoms with Gasteiger partial charge in [0.05, 0.1) is 12.2 Å². The SMILES string of the molecule is C[C@@H]1CN(S(=O)(=O)N2CCN(C(=O)C3CCCCC3)CC2)C[C@H](C)O1. The Morgan fingerprint density at radius 2 is 1.44 bits per heavy atom. The predicted octanol–water partition coefficient (Wildman–Crippen LogP) is 1.06. The van der Waals surface area contributed by atoms with Gasteiger partial charge >= 0.3 is 0 Å². The Labute approximate surface area is 151 Å². The van der Waals surface area contributed by atoms with E-state index in [0.29, 0.717) is 39.3 Å². The lowest BCUT2D eigenvalue weighted by atomic mass is 9.88. The third-order valence-corrected chi connectivity index (χ3v) is 7.51. The van der Waals surface area contributed by atoms with Crippen LogP contribution >= 0.6 is 0 Å². The maximum atomic E-state index is 12.9. The van der Waals surface area contributed by atoms with Crippen molar-refractivity contribution in [1.82, 2.24) is 13.5 Å². The molecule has 7 nitrogen and oxygen atoms in total. The molecular formula is C17H31N3O4S. The van der Waals surface area contributed by atoms with Gasteiger partial charge < -0.3 is 9.64 Å². The monoisotopic (exact) mass is 373 g/mol. The molecular weight excluding hydrogens is 342 g/mol. The number of ether oxygens (including phenoxy) is 1. The van der Waals surface area contributed by atoms with Crippen molar-refractivity contribution >= 4 is 16.1 Å². The lowest BCUT2D eigenvalue weighted by Crippen LogP contribution is -2.58. The number of amides is 1. The average molecular weight is 374 g/mol. The molecule has 0 radical (unpaired) electrons. The molecule has 0 unspecified atom stereocenters. The van der Waals surface area contributed by atoms with E-state index < -0.39 is 10.2 Å². The number of hydrogen-bond acceptors (Lipinski definition) is 4. The van der Waals surface area contributed by atoms with Crippen LogP contribution in [0.4, 0.5) is 0 Å². The first-order chi connectivity index (χ1) is 11.9. The summed E-state index contributed by atoms with van der Waals surface area (Å²) < 4.78 is 34.5. The van der Waals surface area contributed by atoms with Gasteiger partial charge in [0.25, 0.3) is 10.2 Å². The molecule has 1 amide bonds. The Balaban J connectivity index is 1.56. The number of carbonyl (C=O) groups excluding carboxylic acids is 1. The van der Waals surface area contributed by atoms with E-state index in [1.807, 2.05) is 18.7 Å². The fourth-order valence-electron chi connectivity index (χ4n) is 4.23. The summed E-state index contributed by atoms with van der Waals surface area (Å²) in [7, 11) is -3.48. The van der Waals surface area contributed by atoms with Crippen molar-refractivity contribution < 1.29 is 17.9 Å². The lowest BCUT2D eigenvalue weighted by Gasteiger charge is -2.41. The summed E-state index contributed by atoms with van der Waals surface area (Å²) in [6.07, 6.45) is 5.30. The van der Waals surface area contributed by atoms with Crippen LogP contribution in [-0.4, -0.2) is 79.3 Å². The zero-order chi connectivity index (χ0) is 18.0. The maximum absolute atomic E-state index is 12.9. The molecule has 25 heavy (non-hydrogen) atoms. The second-order valence-corrected chi connectivity index (χ2v) is 9.57. The van der Waals surface area contributed by atoms with Crippen LogP contribution in [0.15, 0.2) is 0 Å². The number of morpholine rings is 1. The average Bonchev–Trinajstić information content (AvgIpc) is 2.61. The third kappa shape index (κ3) is 4.35. The minimum absolute atomic E-state index is 0.0901. The van der Waals surface area contributed by atoms with Crippen LogP contribution < -0.4 is 0 Å². The summed E-state index contributed by atoms with van der Waals surface area (Å²) in [6, 6.07) is 0. The van der Waals surface area contributed by atoms with E-state index >= 15 is 0 Å². The molecule has 1 aliphatic carbocycles. The number of carbonyl (C=O) groups is 1. The van der Waals surface area contributed by atoms with Crippen molar-refractivity contribution in [3.05, 3.63) is 0 Å². The first-order valence-corrected chi connectivity index (χ1v) is 11.0. The van der Waals surface area contributed by atoms with E-state index in [-0.39, 0.29) is 24.0 Å². The summed E-state index contributed by atoms with van der Waals surface area (Å²) in [5.41, 5.74) is 0. The highest BCUT2D eigenvalue weighted by atomic mass is 32.2. The molecule has 2 atom stereocenters. The Morgan fingerprint density at radius 3 is 2.00 bits per heavy atom. The summed E-state index contributed by atoms with van der Waals surface area (Å²) in [5.74, 6) is 0.378. The van der Waals surface area contributed by atoms with Gasteiger partial charge in [0.1, 0.15) is 0 Å². The van der Waals surface area contributed by atoms with Crippen molar-refractivity contribution in [2.75, 3.05) is 39.3 Å². The Hall–Kier alpha value is -0.700. The third-order valence-electron chi connectivity index (χ3n) is 5.54. The zero-order valence-corrected chi connectivity index (χ0v) is 16.2. The Kier molecular flexibility index (Phi) is 6.03.